The Balaban J connectivity index is 1.98. The van der Waals surface area contributed by atoms with Crippen LogP contribution in [0.2, 0.25) is 10.0 Å². The molecule has 3 rings (SSSR count). The fourth-order valence-electron chi connectivity index (χ4n) is 4.14. The third-order valence-corrected chi connectivity index (χ3v) is 8.38. The number of nitrogens with one attached hydrogen (secondary N) is 1. The molecule has 37 heavy (non-hydrogen) atoms. The van der Waals surface area contributed by atoms with Crippen molar-refractivity contribution in [3.05, 3.63) is 57.1 Å². The predicted molar refractivity (Wildman–Crippen MR) is 133 cm³/mol. The molecule has 0 radical (unpaired) electrons. The van der Waals surface area contributed by atoms with E-state index in [0.29, 0.717) is 19.0 Å². The van der Waals surface area contributed by atoms with E-state index in [4.69, 9.17) is 28.3 Å². The lowest BCUT2D eigenvalue weighted by molar-refractivity contribution is -0.138. The number of halogens is 5. The van der Waals surface area contributed by atoms with Crippen LogP contribution < -0.4 is 10.2 Å². The van der Waals surface area contributed by atoms with Crippen molar-refractivity contribution >= 4 is 50.7 Å². The average molecular weight is 582 g/mol. The molecule has 1 aliphatic heterocycles. The second-order valence-corrected chi connectivity index (χ2v) is 11.6. The number of hydrogen-bond acceptors (Lipinski definition) is 5. The summed E-state index contributed by atoms with van der Waals surface area (Å²) in [6, 6.07) is 5.19. The summed E-state index contributed by atoms with van der Waals surface area (Å²) in [6.07, 6.45) is -5.64. The van der Waals surface area contributed by atoms with Crippen LogP contribution in [-0.2, 0) is 22.6 Å². The first-order chi connectivity index (χ1) is 17.1. The van der Waals surface area contributed by atoms with Gasteiger partial charge in [-0.05, 0) is 42.3 Å². The summed E-state index contributed by atoms with van der Waals surface area (Å²) < 4.78 is 67.2. The van der Waals surface area contributed by atoms with Gasteiger partial charge in [0.15, 0.2) is 9.84 Å². The van der Waals surface area contributed by atoms with Gasteiger partial charge in [-0.25, -0.2) is 13.2 Å². The van der Waals surface area contributed by atoms with Crippen molar-refractivity contribution in [3.63, 3.8) is 0 Å². The molecule has 2 amide bonds. The minimum absolute atomic E-state index is 0.0813. The molecule has 0 spiro atoms. The fourth-order valence-corrected chi connectivity index (χ4v) is 5.69. The van der Waals surface area contributed by atoms with E-state index in [1.54, 1.807) is 4.90 Å². The molecule has 1 fully saturated rings. The maximum absolute atomic E-state index is 14.0. The highest BCUT2D eigenvalue weighted by Crippen LogP contribution is 2.38. The number of benzene rings is 2. The molecule has 0 aliphatic carbocycles. The van der Waals surface area contributed by atoms with E-state index in [9.17, 15) is 31.2 Å². The largest absolute Gasteiger partial charge is 0.465 e. The van der Waals surface area contributed by atoms with Gasteiger partial charge in [0.2, 0.25) is 0 Å². The lowest BCUT2D eigenvalue weighted by Crippen LogP contribution is -2.36. The molecule has 0 bridgehead atoms. The summed E-state index contributed by atoms with van der Waals surface area (Å²) in [6.45, 7) is 1.77. The Labute approximate surface area is 221 Å². The number of likely N-dealkylation sites (tertiary alicyclic amines) is 1. The van der Waals surface area contributed by atoms with Crippen LogP contribution in [-0.4, -0.2) is 62.4 Å². The number of rotatable bonds is 7. The van der Waals surface area contributed by atoms with Gasteiger partial charge in [0.05, 0.1) is 21.9 Å². The number of nitrogens with zero attached hydrogens (tertiary/aromatic N) is 2. The third kappa shape index (κ3) is 6.67. The first kappa shape index (κ1) is 29.0. The number of carbonyl (C=O) groups is 2. The molecule has 1 saturated heterocycles. The van der Waals surface area contributed by atoms with E-state index in [1.165, 1.54) is 32.2 Å². The quantitative estimate of drug-likeness (QED) is 0.480. The van der Waals surface area contributed by atoms with Gasteiger partial charge in [0.1, 0.15) is 0 Å². The number of amides is 2. The van der Waals surface area contributed by atoms with Crippen molar-refractivity contribution in [2.24, 2.45) is 0 Å². The molecule has 2 aromatic rings. The number of sulfone groups is 1. The second-order valence-electron chi connectivity index (χ2n) is 8.53. The Bertz CT molecular complexity index is 1320. The Morgan fingerprint density at radius 1 is 1.22 bits per heavy atom. The van der Waals surface area contributed by atoms with Crippen molar-refractivity contribution in [2.75, 3.05) is 30.8 Å². The second kappa shape index (κ2) is 11.1. The smallest absolute Gasteiger partial charge is 0.416 e. The molecule has 1 heterocycles. The van der Waals surface area contributed by atoms with Crippen LogP contribution in [0.25, 0.3) is 0 Å². The molecule has 14 heteroatoms. The Morgan fingerprint density at radius 2 is 1.89 bits per heavy atom. The first-order valence-electron chi connectivity index (χ1n) is 11.1. The van der Waals surface area contributed by atoms with Gasteiger partial charge in [-0.2, -0.15) is 13.2 Å². The normalized spacial score (nSPS) is 16.6. The zero-order chi connectivity index (χ0) is 27.7. The van der Waals surface area contributed by atoms with Crippen LogP contribution in [0, 0.1) is 0 Å². The minimum Gasteiger partial charge on any atom is -0.465 e. The lowest BCUT2D eigenvalue weighted by Gasteiger charge is -2.24. The molecule has 1 atom stereocenters. The zero-order valence-corrected chi connectivity index (χ0v) is 22.1. The molecule has 8 nitrogen and oxygen atoms in total. The molecule has 0 unspecified atom stereocenters. The number of alkyl halides is 3. The number of carboxylic acid groups (broad SMARTS) is 1. The Hall–Kier alpha value is -2.54. The van der Waals surface area contributed by atoms with E-state index in [-0.39, 0.29) is 45.0 Å². The summed E-state index contributed by atoms with van der Waals surface area (Å²) >= 11 is 12.3. The van der Waals surface area contributed by atoms with E-state index < -0.39 is 45.2 Å². The van der Waals surface area contributed by atoms with Crippen molar-refractivity contribution in [1.29, 1.82) is 0 Å². The van der Waals surface area contributed by atoms with Gasteiger partial charge >= 0.3 is 12.3 Å². The van der Waals surface area contributed by atoms with Crippen molar-refractivity contribution in [2.45, 2.75) is 37.0 Å². The van der Waals surface area contributed by atoms with Gasteiger partial charge < -0.3 is 15.3 Å². The first-order valence-corrected chi connectivity index (χ1v) is 13.5. The van der Waals surface area contributed by atoms with Crippen LogP contribution in [0.15, 0.2) is 35.2 Å². The Kier molecular flexibility index (Phi) is 8.68. The van der Waals surface area contributed by atoms with Crippen LogP contribution in [0.5, 0.6) is 0 Å². The maximum Gasteiger partial charge on any atom is 0.416 e. The number of anilines is 1. The van der Waals surface area contributed by atoms with Gasteiger partial charge in [0.25, 0.3) is 5.91 Å². The molecular formula is C23H24Cl2F3N3O5S. The summed E-state index contributed by atoms with van der Waals surface area (Å²) in [7, 11) is -2.55. The molecule has 202 valence electrons. The molecule has 0 aromatic heterocycles. The fraction of sp³-hybridized carbons (Fsp3) is 0.391. The maximum atomic E-state index is 14.0. The SMILES string of the molecule is CCS(=O)(=O)c1ccc(Cl)cc1N(C)C(=O)c1cc(Cl)c(CN2CC[C@H](NC(=O)O)C2)c(C(F)(F)F)c1. The van der Waals surface area contributed by atoms with Crippen molar-refractivity contribution in [3.8, 4) is 0 Å². The van der Waals surface area contributed by atoms with Crippen molar-refractivity contribution in [1.82, 2.24) is 10.2 Å². The van der Waals surface area contributed by atoms with Gasteiger partial charge in [-0.1, -0.05) is 30.1 Å². The van der Waals surface area contributed by atoms with Gasteiger partial charge in [0, 0.05) is 48.3 Å². The van der Waals surface area contributed by atoms with Gasteiger partial charge in [-0.15, -0.1) is 0 Å². The molecule has 0 saturated carbocycles. The highest BCUT2D eigenvalue weighted by Gasteiger charge is 2.37. The molecule has 1 aliphatic rings. The van der Waals surface area contributed by atoms with Gasteiger partial charge in [-0.3, -0.25) is 9.69 Å². The topological polar surface area (TPSA) is 107 Å². The predicted octanol–water partition coefficient (Wildman–Crippen LogP) is 4.92. The molecular weight excluding hydrogens is 558 g/mol. The monoisotopic (exact) mass is 581 g/mol. The highest BCUT2D eigenvalue weighted by atomic mass is 35.5. The standard InChI is InChI=1S/C23H24Cl2F3N3O5S/c1-3-37(35,36)20-5-4-14(24)10-19(20)30(2)21(32)13-8-17(23(26,27)28)16(18(25)9-13)12-31-7-6-15(11-31)29-22(33)34/h4-5,8-10,15,29H,3,6-7,11-12H2,1-2H3,(H,33,34)/t15-/m0/s1. The molecule has 2 aromatic carbocycles. The highest BCUT2D eigenvalue weighted by molar-refractivity contribution is 7.91. The molecule has 2 N–H and O–H groups in total. The van der Waals surface area contributed by atoms with Crippen LogP contribution in [0.1, 0.15) is 34.8 Å². The van der Waals surface area contributed by atoms with Crippen molar-refractivity contribution < 1.29 is 36.3 Å². The Morgan fingerprint density at radius 3 is 2.49 bits per heavy atom. The number of hydrogen-bond donors (Lipinski definition) is 2. The summed E-state index contributed by atoms with van der Waals surface area (Å²) in [5.74, 6) is -1.18. The lowest BCUT2D eigenvalue weighted by atomic mass is 10.0. The van der Waals surface area contributed by atoms with E-state index >= 15 is 0 Å². The summed E-state index contributed by atoms with van der Waals surface area (Å²) in [4.78, 5) is 26.5. The average Bonchev–Trinajstić information content (AvgIpc) is 3.24. The summed E-state index contributed by atoms with van der Waals surface area (Å²) in [5.41, 5.74) is -1.84. The van der Waals surface area contributed by atoms with Crippen LogP contribution in [0.4, 0.5) is 23.7 Å². The van der Waals surface area contributed by atoms with Crippen LogP contribution >= 0.6 is 23.2 Å². The minimum atomic E-state index is -4.85. The zero-order valence-electron chi connectivity index (χ0n) is 19.8. The third-order valence-electron chi connectivity index (χ3n) is 6.03. The van der Waals surface area contributed by atoms with E-state index in [1.807, 2.05) is 0 Å². The van der Waals surface area contributed by atoms with E-state index in [0.717, 1.165) is 11.0 Å². The summed E-state index contributed by atoms with van der Waals surface area (Å²) in [5, 5.41) is 11.0. The number of carbonyl (C=O) groups excluding carboxylic acids is 1. The van der Waals surface area contributed by atoms with Crippen LogP contribution in [0.3, 0.4) is 0 Å². The van der Waals surface area contributed by atoms with E-state index in [2.05, 4.69) is 5.32 Å².